The smallest absolute Gasteiger partial charge is 0.321 e. The van der Waals surface area contributed by atoms with Gasteiger partial charge in [0.25, 0.3) is 0 Å². The van der Waals surface area contributed by atoms with Gasteiger partial charge in [0.15, 0.2) is 4.77 Å². The normalized spacial score (nSPS) is 16.8. The first-order chi connectivity index (χ1) is 13.5. The summed E-state index contributed by atoms with van der Waals surface area (Å²) in [6.07, 6.45) is 2.86. The highest BCUT2D eigenvalue weighted by Gasteiger charge is 2.28. The van der Waals surface area contributed by atoms with Crippen LogP contribution in [0.15, 0.2) is 18.2 Å². The van der Waals surface area contributed by atoms with Crippen LogP contribution in [0.5, 0.6) is 5.75 Å². The Morgan fingerprint density at radius 1 is 1.43 bits per heavy atom. The molecule has 2 N–H and O–H groups in total. The van der Waals surface area contributed by atoms with Crippen molar-refractivity contribution in [3.05, 3.63) is 34.4 Å². The first kappa shape index (κ1) is 20.4. The van der Waals surface area contributed by atoms with Gasteiger partial charge in [-0.05, 0) is 63.0 Å². The first-order valence-electron chi connectivity index (χ1n) is 9.98. The Labute approximate surface area is 171 Å². The predicted molar refractivity (Wildman–Crippen MR) is 113 cm³/mol. The fourth-order valence-corrected chi connectivity index (χ4v) is 3.85. The van der Waals surface area contributed by atoms with Crippen molar-refractivity contribution >= 4 is 23.9 Å². The molecule has 1 aromatic carbocycles. The number of nitrogens with zero attached hydrogens (tertiary/aromatic N) is 3. The molecule has 0 spiro atoms. The molecular weight excluding hydrogens is 374 g/mol. The van der Waals surface area contributed by atoms with Crippen LogP contribution in [0.1, 0.15) is 50.4 Å². The van der Waals surface area contributed by atoms with Crippen molar-refractivity contribution in [2.75, 3.05) is 25.0 Å². The van der Waals surface area contributed by atoms with E-state index in [0.29, 0.717) is 23.6 Å². The second-order valence-corrected chi connectivity index (χ2v) is 7.58. The van der Waals surface area contributed by atoms with E-state index in [0.717, 1.165) is 49.5 Å². The molecule has 2 heterocycles. The quantitative estimate of drug-likeness (QED) is 0.698. The molecular formula is C20H29N5O2S. The van der Waals surface area contributed by atoms with Crippen LogP contribution in [0, 0.1) is 11.7 Å². The van der Waals surface area contributed by atoms with E-state index in [9.17, 15) is 4.79 Å². The number of aromatic amines is 1. The standard InChI is InChI=1S/C20H29N5O2S/c1-4-11-27-17-12-14(3)8-9-16(17)21-19(26)24-10-6-7-15(13-24)18-22-23-20(28)25(18)5-2/h8-9,12,15H,4-7,10-11,13H2,1-3H3,(H,21,26)(H,23,28). The van der Waals surface area contributed by atoms with Crippen molar-refractivity contribution < 1.29 is 9.53 Å². The van der Waals surface area contributed by atoms with Crippen LogP contribution in [-0.4, -0.2) is 45.4 Å². The molecule has 1 aliphatic heterocycles. The van der Waals surface area contributed by atoms with Crippen molar-refractivity contribution in [1.82, 2.24) is 19.7 Å². The molecule has 1 unspecified atom stereocenters. The molecule has 2 aromatic rings. The number of aryl methyl sites for hydroxylation is 1. The topological polar surface area (TPSA) is 75.2 Å². The zero-order chi connectivity index (χ0) is 20.1. The molecule has 0 radical (unpaired) electrons. The lowest BCUT2D eigenvalue weighted by Crippen LogP contribution is -2.42. The summed E-state index contributed by atoms with van der Waals surface area (Å²) >= 11 is 5.31. The number of likely N-dealkylation sites (tertiary alicyclic amines) is 1. The summed E-state index contributed by atoms with van der Waals surface area (Å²) in [4.78, 5) is 14.8. The molecule has 7 nitrogen and oxygen atoms in total. The molecule has 0 bridgehead atoms. The number of benzene rings is 1. The van der Waals surface area contributed by atoms with Crippen LogP contribution in [0.4, 0.5) is 10.5 Å². The number of hydrogen-bond acceptors (Lipinski definition) is 4. The largest absolute Gasteiger partial charge is 0.491 e. The lowest BCUT2D eigenvalue weighted by Gasteiger charge is -2.32. The van der Waals surface area contributed by atoms with Crippen LogP contribution >= 0.6 is 12.2 Å². The molecule has 152 valence electrons. The van der Waals surface area contributed by atoms with E-state index < -0.39 is 0 Å². The summed E-state index contributed by atoms with van der Waals surface area (Å²) in [6.45, 7) is 8.89. The summed E-state index contributed by atoms with van der Waals surface area (Å²) in [7, 11) is 0. The number of H-pyrrole nitrogens is 1. The fraction of sp³-hybridized carbons (Fsp3) is 0.550. The van der Waals surface area contributed by atoms with Gasteiger partial charge in [-0.25, -0.2) is 4.79 Å². The Balaban J connectivity index is 1.72. The zero-order valence-electron chi connectivity index (χ0n) is 16.8. The third-order valence-corrected chi connectivity index (χ3v) is 5.33. The van der Waals surface area contributed by atoms with Gasteiger partial charge in [-0.15, -0.1) is 0 Å². The third kappa shape index (κ3) is 4.55. The van der Waals surface area contributed by atoms with Crippen molar-refractivity contribution in [3.8, 4) is 5.75 Å². The average molecular weight is 404 g/mol. The summed E-state index contributed by atoms with van der Waals surface area (Å²) in [5, 5.41) is 10.3. The number of hydrogen-bond donors (Lipinski definition) is 2. The molecule has 0 saturated carbocycles. The van der Waals surface area contributed by atoms with Crippen LogP contribution < -0.4 is 10.1 Å². The van der Waals surface area contributed by atoms with Gasteiger partial charge in [-0.1, -0.05) is 13.0 Å². The predicted octanol–water partition coefficient (Wildman–Crippen LogP) is 4.47. The SMILES string of the molecule is CCCOc1cc(C)ccc1NC(=O)N1CCCC(c2n[nH]c(=S)n2CC)C1. The number of piperidine rings is 1. The second-order valence-electron chi connectivity index (χ2n) is 7.19. The molecule has 3 rings (SSSR count). The van der Waals surface area contributed by atoms with Gasteiger partial charge >= 0.3 is 6.03 Å². The minimum atomic E-state index is -0.105. The van der Waals surface area contributed by atoms with Crippen molar-refractivity contribution in [3.63, 3.8) is 0 Å². The maximum Gasteiger partial charge on any atom is 0.321 e. The minimum Gasteiger partial charge on any atom is -0.491 e. The van der Waals surface area contributed by atoms with Gasteiger partial charge in [-0.3, -0.25) is 5.10 Å². The third-order valence-electron chi connectivity index (χ3n) is 5.02. The van der Waals surface area contributed by atoms with Gasteiger partial charge in [0.05, 0.1) is 12.3 Å². The van der Waals surface area contributed by atoms with Crippen LogP contribution in [0.3, 0.4) is 0 Å². The second kappa shape index (κ2) is 9.23. The average Bonchev–Trinajstić information content (AvgIpc) is 3.08. The molecule has 1 aromatic heterocycles. The lowest BCUT2D eigenvalue weighted by molar-refractivity contribution is 0.190. The monoisotopic (exact) mass is 403 g/mol. The van der Waals surface area contributed by atoms with E-state index in [4.69, 9.17) is 17.0 Å². The van der Waals surface area contributed by atoms with E-state index in [-0.39, 0.29) is 11.9 Å². The lowest BCUT2D eigenvalue weighted by atomic mass is 9.97. The van der Waals surface area contributed by atoms with Gasteiger partial charge < -0.3 is 19.5 Å². The summed E-state index contributed by atoms with van der Waals surface area (Å²) in [5.41, 5.74) is 1.81. The van der Waals surface area contributed by atoms with Crippen LogP contribution in [0.25, 0.3) is 0 Å². The molecule has 1 atom stereocenters. The highest BCUT2D eigenvalue weighted by atomic mass is 32.1. The Kier molecular flexibility index (Phi) is 6.72. The Morgan fingerprint density at radius 3 is 3.00 bits per heavy atom. The Hall–Kier alpha value is -2.35. The number of nitrogens with one attached hydrogen (secondary N) is 2. The van der Waals surface area contributed by atoms with Gasteiger partial charge in [-0.2, -0.15) is 5.10 Å². The maximum absolute atomic E-state index is 12.9. The Morgan fingerprint density at radius 2 is 2.25 bits per heavy atom. The highest BCUT2D eigenvalue weighted by Crippen LogP contribution is 2.29. The van der Waals surface area contributed by atoms with Gasteiger partial charge in [0, 0.05) is 25.6 Å². The molecule has 2 amide bonds. The van der Waals surface area contributed by atoms with E-state index >= 15 is 0 Å². The number of rotatable bonds is 6. The molecule has 1 aliphatic rings. The molecule has 8 heteroatoms. The van der Waals surface area contributed by atoms with E-state index in [1.165, 1.54) is 0 Å². The summed E-state index contributed by atoms with van der Waals surface area (Å²) < 4.78 is 8.46. The molecule has 0 aliphatic carbocycles. The summed E-state index contributed by atoms with van der Waals surface area (Å²) in [5.74, 6) is 1.84. The number of aromatic nitrogens is 3. The number of urea groups is 1. The van der Waals surface area contributed by atoms with E-state index in [1.54, 1.807) is 0 Å². The van der Waals surface area contributed by atoms with Crippen molar-refractivity contribution in [2.24, 2.45) is 0 Å². The zero-order valence-corrected chi connectivity index (χ0v) is 17.6. The highest BCUT2D eigenvalue weighted by molar-refractivity contribution is 7.71. The number of anilines is 1. The minimum absolute atomic E-state index is 0.105. The van der Waals surface area contributed by atoms with Gasteiger partial charge in [0.1, 0.15) is 11.6 Å². The van der Waals surface area contributed by atoms with Crippen molar-refractivity contribution in [2.45, 2.75) is 52.5 Å². The van der Waals surface area contributed by atoms with E-state index in [1.807, 2.05) is 34.6 Å². The Bertz CT molecular complexity index is 876. The number of carbonyl (C=O) groups excluding carboxylic acids is 1. The molecule has 1 fully saturated rings. The first-order valence-corrected chi connectivity index (χ1v) is 10.4. The fourth-order valence-electron chi connectivity index (χ4n) is 3.58. The van der Waals surface area contributed by atoms with Crippen LogP contribution in [0.2, 0.25) is 0 Å². The molecule has 28 heavy (non-hydrogen) atoms. The van der Waals surface area contributed by atoms with E-state index in [2.05, 4.69) is 29.4 Å². The maximum atomic E-state index is 12.9. The summed E-state index contributed by atoms with van der Waals surface area (Å²) in [6, 6.07) is 5.74. The molecule has 1 saturated heterocycles. The number of carbonyl (C=O) groups is 1. The van der Waals surface area contributed by atoms with Crippen molar-refractivity contribution in [1.29, 1.82) is 0 Å². The number of ether oxygens (including phenoxy) is 1. The van der Waals surface area contributed by atoms with Gasteiger partial charge in [0.2, 0.25) is 0 Å². The van der Waals surface area contributed by atoms with Crippen LogP contribution in [-0.2, 0) is 6.54 Å². The number of amides is 2.